The van der Waals surface area contributed by atoms with Gasteiger partial charge in [0.15, 0.2) is 0 Å². The van der Waals surface area contributed by atoms with Crippen molar-refractivity contribution in [1.29, 1.82) is 0 Å². The summed E-state index contributed by atoms with van der Waals surface area (Å²) < 4.78 is 39.6. The van der Waals surface area contributed by atoms with Gasteiger partial charge in [-0.05, 0) is 50.4 Å². The van der Waals surface area contributed by atoms with Gasteiger partial charge in [-0.25, -0.2) is 4.98 Å². The molecule has 1 aromatic carbocycles. The molecule has 0 saturated carbocycles. The van der Waals surface area contributed by atoms with Crippen molar-refractivity contribution in [3.8, 4) is 0 Å². The van der Waals surface area contributed by atoms with Crippen molar-refractivity contribution in [2.75, 3.05) is 25.0 Å². The summed E-state index contributed by atoms with van der Waals surface area (Å²) in [5.74, 6) is 0.544. The molecule has 6 heteroatoms. The zero-order valence-electron chi connectivity index (χ0n) is 15.3. The number of nitrogens with one attached hydrogen (secondary N) is 1. The van der Waals surface area contributed by atoms with Crippen LogP contribution >= 0.6 is 0 Å². The lowest BCUT2D eigenvalue weighted by Crippen LogP contribution is -2.39. The number of pyridine rings is 1. The van der Waals surface area contributed by atoms with Gasteiger partial charge in [-0.1, -0.05) is 32.0 Å². The standard InChI is InChI=1S/C20H26F3N3/c1-14(2)11-15(26-9-5-6-10-26)13-24-18-12-19(20(21,22)23)25-17-8-4-3-7-16(17)18/h3-4,7-8,12,14-15H,5-6,9-11,13H2,1-2H3,(H,24,25). The molecule has 2 heterocycles. The minimum absolute atomic E-state index is 0.332. The third kappa shape index (κ3) is 4.47. The van der Waals surface area contributed by atoms with E-state index in [9.17, 15) is 13.2 Å². The number of hydrogen-bond acceptors (Lipinski definition) is 3. The Morgan fingerprint density at radius 2 is 1.85 bits per heavy atom. The maximum absolute atomic E-state index is 13.2. The third-order valence-electron chi connectivity index (χ3n) is 4.94. The Labute approximate surface area is 152 Å². The second kappa shape index (κ2) is 7.82. The number of rotatable bonds is 6. The average molecular weight is 365 g/mol. The first-order valence-corrected chi connectivity index (χ1v) is 9.29. The zero-order valence-corrected chi connectivity index (χ0v) is 15.3. The largest absolute Gasteiger partial charge is 0.433 e. The minimum atomic E-state index is -4.45. The molecule has 1 fully saturated rings. The lowest BCUT2D eigenvalue weighted by Gasteiger charge is -2.29. The molecule has 1 unspecified atom stereocenters. The average Bonchev–Trinajstić information content (AvgIpc) is 3.11. The first-order chi connectivity index (χ1) is 12.3. The molecule has 0 amide bonds. The molecule has 3 nitrogen and oxygen atoms in total. The first-order valence-electron chi connectivity index (χ1n) is 9.29. The molecule has 1 aromatic heterocycles. The van der Waals surface area contributed by atoms with E-state index in [1.165, 1.54) is 12.8 Å². The van der Waals surface area contributed by atoms with E-state index in [0.29, 0.717) is 29.7 Å². The van der Waals surface area contributed by atoms with Crippen LogP contribution in [0.1, 0.15) is 38.8 Å². The minimum Gasteiger partial charge on any atom is -0.383 e. The van der Waals surface area contributed by atoms with E-state index in [1.807, 2.05) is 12.1 Å². The molecule has 0 aliphatic carbocycles. The number of alkyl halides is 3. The second-order valence-corrected chi connectivity index (χ2v) is 7.48. The molecule has 0 bridgehead atoms. The maximum Gasteiger partial charge on any atom is 0.433 e. The number of fused-ring (bicyclic) bond motifs is 1. The zero-order chi connectivity index (χ0) is 18.7. The number of nitrogens with zero attached hydrogens (tertiary/aromatic N) is 2. The number of likely N-dealkylation sites (tertiary alicyclic amines) is 1. The summed E-state index contributed by atoms with van der Waals surface area (Å²) in [6, 6.07) is 8.46. The van der Waals surface area contributed by atoms with E-state index >= 15 is 0 Å². The molecule has 1 N–H and O–H groups in total. The van der Waals surface area contributed by atoms with E-state index < -0.39 is 11.9 Å². The van der Waals surface area contributed by atoms with Gasteiger partial charge >= 0.3 is 6.18 Å². The van der Waals surface area contributed by atoms with E-state index in [4.69, 9.17) is 0 Å². The van der Waals surface area contributed by atoms with Crippen molar-refractivity contribution >= 4 is 16.6 Å². The van der Waals surface area contributed by atoms with Crippen LogP contribution < -0.4 is 5.32 Å². The summed E-state index contributed by atoms with van der Waals surface area (Å²) in [7, 11) is 0. The highest BCUT2D eigenvalue weighted by Gasteiger charge is 2.33. The van der Waals surface area contributed by atoms with Gasteiger partial charge in [-0.15, -0.1) is 0 Å². The Kier molecular flexibility index (Phi) is 5.70. The lowest BCUT2D eigenvalue weighted by atomic mass is 10.0. The molecule has 2 aromatic rings. The van der Waals surface area contributed by atoms with Crippen LogP contribution in [-0.2, 0) is 6.18 Å². The maximum atomic E-state index is 13.2. The fourth-order valence-corrected chi connectivity index (χ4v) is 3.71. The van der Waals surface area contributed by atoms with Crippen LogP contribution in [0, 0.1) is 5.92 Å². The van der Waals surface area contributed by atoms with Crippen molar-refractivity contribution in [3.63, 3.8) is 0 Å². The number of halogens is 3. The van der Waals surface area contributed by atoms with Crippen LogP contribution in [0.25, 0.3) is 10.9 Å². The second-order valence-electron chi connectivity index (χ2n) is 7.48. The molecule has 26 heavy (non-hydrogen) atoms. The fourth-order valence-electron chi connectivity index (χ4n) is 3.71. The highest BCUT2D eigenvalue weighted by molar-refractivity contribution is 5.91. The predicted octanol–water partition coefficient (Wildman–Crippen LogP) is 5.18. The third-order valence-corrected chi connectivity index (χ3v) is 4.94. The fraction of sp³-hybridized carbons (Fsp3) is 0.550. The van der Waals surface area contributed by atoms with Crippen molar-refractivity contribution in [3.05, 3.63) is 36.0 Å². The highest BCUT2D eigenvalue weighted by atomic mass is 19.4. The van der Waals surface area contributed by atoms with Gasteiger partial charge < -0.3 is 5.32 Å². The first kappa shape index (κ1) is 19.0. The van der Waals surface area contributed by atoms with Crippen molar-refractivity contribution in [1.82, 2.24) is 9.88 Å². The molecule has 0 spiro atoms. The summed E-state index contributed by atoms with van der Waals surface area (Å²) in [5, 5.41) is 4.03. The normalized spacial score (nSPS) is 17.2. The SMILES string of the molecule is CC(C)CC(CNc1cc(C(F)(F)F)nc2ccccc12)N1CCCC1. The van der Waals surface area contributed by atoms with E-state index in [1.54, 1.807) is 12.1 Å². The number of benzene rings is 1. The van der Waals surface area contributed by atoms with Crippen LogP contribution in [0.5, 0.6) is 0 Å². The van der Waals surface area contributed by atoms with Gasteiger partial charge in [0.2, 0.25) is 0 Å². The van der Waals surface area contributed by atoms with Crippen molar-refractivity contribution in [2.45, 2.75) is 45.3 Å². The molecular weight excluding hydrogens is 339 g/mol. The number of anilines is 1. The summed E-state index contributed by atoms with van der Waals surface area (Å²) in [6.07, 6.45) is -1.02. The van der Waals surface area contributed by atoms with Crippen LogP contribution in [0.2, 0.25) is 0 Å². The lowest BCUT2D eigenvalue weighted by molar-refractivity contribution is -0.140. The molecule has 0 radical (unpaired) electrons. The molecule has 3 rings (SSSR count). The summed E-state index contributed by atoms with van der Waals surface area (Å²) in [6.45, 7) is 7.16. The molecule has 142 valence electrons. The smallest absolute Gasteiger partial charge is 0.383 e. The van der Waals surface area contributed by atoms with Gasteiger partial charge in [0.1, 0.15) is 5.69 Å². The number of para-hydroxylation sites is 1. The number of aromatic nitrogens is 1. The van der Waals surface area contributed by atoms with Crippen LogP contribution in [0.15, 0.2) is 30.3 Å². The van der Waals surface area contributed by atoms with Gasteiger partial charge in [0.05, 0.1) is 5.52 Å². The van der Waals surface area contributed by atoms with Crippen molar-refractivity contribution in [2.24, 2.45) is 5.92 Å². The summed E-state index contributed by atoms with van der Waals surface area (Å²) in [5.41, 5.74) is 0.0302. The monoisotopic (exact) mass is 365 g/mol. The molecule has 1 aliphatic heterocycles. The van der Waals surface area contributed by atoms with Crippen LogP contribution in [0.3, 0.4) is 0 Å². The Bertz CT molecular complexity index is 737. The number of hydrogen-bond donors (Lipinski definition) is 1. The van der Waals surface area contributed by atoms with Crippen LogP contribution in [0.4, 0.5) is 18.9 Å². The van der Waals surface area contributed by atoms with E-state index in [2.05, 4.69) is 29.0 Å². The van der Waals surface area contributed by atoms with E-state index in [0.717, 1.165) is 31.0 Å². The molecular formula is C20H26F3N3. The quantitative estimate of drug-likeness (QED) is 0.765. The Balaban J connectivity index is 1.86. The summed E-state index contributed by atoms with van der Waals surface area (Å²) >= 11 is 0. The van der Waals surface area contributed by atoms with Crippen molar-refractivity contribution < 1.29 is 13.2 Å². The van der Waals surface area contributed by atoms with Crippen LogP contribution in [-0.4, -0.2) is 35.6 Å². The van der Waals surface area contributed by atoms with Gasteiger partial charge in [0.25, 0.3) is 0 Å². The Morgan fingerprint density at radius 1 is 1.15 bits per heavy atom. The predicted molar refractivity (Wildman–Crippen MR) is 99.3 cm³/mol. The highest BCUT2D eigenvalue weighted by Crippen LogP contribution is 2.33. The molecule has 1 aliphatic rings. The Hall–Kier alpha value is -1.82. The topological polar surface area (TPSA) is 28.2 Å². The van der Waals surface area contributed by atoms with E-state index in [-0.39, 0.29) is 0 Å². The Morgan fingerprint density at radius 3 is 2.50 bits per heavy atom. The molecule has 1 saturated heterocycles. The molecule has 1 atom stereocenters. The summed E-state index contributed by atoms with van der Waals surface area (Å²) in [4.78, 5) is 6.24. The van der Waals surface area contributed by atoms with Gasteiger partial charge in [-0.3, -0.25) is 4.90 Å². The van der Waals surface area contributed by atoms with Gasteiger partial charge in [0, 0.05) is 23.7 Å². The van der Waals surface area contributed by atoms with Gasteiger partial charge in [-0.2, -0.15) is 13.2 Å².